The van der Waals surface area contributed by atoms with Crippen LogP contribution in [0.2, 0.25) is 0 Å². The van der Waals surface area contributed by atoms with E-state index in [-0.39, 0.29) is 0 Å². The predicted molar refractivity (Wildman–Crippen MR) is 109 cm³/mol. The third-order valence-electron chi connectivity index (χ3n) is 4.11. The maximum Gasteiger partial charge on any atom is 0.405 e. The van der Waals surface area contributed by atoms with Crippen LogP contribution in [0.3, 0.4) is 0 Å². The highest BCUT2D eigenvalue weighted by Crippen LogP contribution is 2.24. The summed E-state index contributed by atoms with van der Waals surface area (Å²) >= 11 is 0. The van der Waals surface area contributed by atoms with E-state index in [0.717, 1.165) is 5.69 Å². The number of carbonyl (C=O) groups is 1. The van der Waals surface area contributed by atoms with Gasteiger partial charge < -0.3 is 21.8 Å². The molecule has 156 valence electrons. The van der Waals surface area contributed by atoms with E-state index in [0.29, 0.717) is 34.7 Å². The lowest BCUT2D eigenvalue weighted by Crippen LogP contribution is -2.36. The first-order valence-corrected chi connectivity index (χ1v) is 8.91. The molecule has 0 spiro atoms. The first-order valence-electron chi connectivity index (χ1n) is 8.91. The van der Waals surface area contributed by atoms with Crippen LogP contribution in [0.1, 0.15) is 5.56 Å². The zero-order valence-corrected chi connectivity index (χ0v) is 15.7. The van der Waals surface area contributed by atoms with Crippen LogP contribution in [-0.4, -0.2) is 40.4 Å². The maximum absolute atomic E-state index is 12.2. The van der Waals surface area contributed by atoms with E-state index < -0.39 is 18.8 Å². The number of imidazole rings is 1. The fourth-order valence-corrected chi connectivity index (χ4v) is 2.76. The first kappa shape index (κ1) is 21.1. The van der Waals surface area contributed by atoms with Crippen LogP contribution in [0.4, 0.5) is 23.7 Å². The highest BCUT2D eigenvalue weighted by atomic mass is 19.4. The van der Waals surface area contributed by atoms with Gasteiger partial charge in [-0.2, -0.15) is 13.2 Å². The number of allylic oxidation sites excluding steroid dienone is 1. The second kappa shape index (κ2) is 8.78. The molecule has 10 heteroatoms. The van der Waals surface area contributed by atoms with Crippen LogP contribution < -0.4 is 16.4 Å². The molecular weight excluding hydrogens is 397 g/mol. The van der Waals surface area contributed by atoms with Crippen molar-refractivity contribution in [3.8, 4) is 11.3 Å². The molecule has 2 amide bonds. The zero-order chi connectivity index (χ0) is 21.7. The normalized spacial score (nSPS) is 11.7. The number of alkyl halides is 3. The molecule has 0 aliphatic heterocycles. The Morgan fingerprint density at radius 3 is 2.80 bits per heavy atom. The fourth-order valence-electron chi connectivity index (χ4n) is 2.76. The second-order valence-corrected chi connectivity index (χ2v) is 6.34. The fraction of sp³-hybridized carbons (Fsp3) is 0.150. The summed E-state index contributed by atoms with van der Waals surface area (Å²) in [6, 6.07) is 9.27. The van der Waals surface area contributed by atoms with E-state index in [1.165, 1.54) is 0 Å². The Hall–Kier alpha value is -3.66. The van der Waals surface area contributed by atoms with Gasteiger partial charge in [0, 0.05) is 29.6 Å². The van der Waals surface area contributed by atoms with Gasteiger partial charge >= 0.3 is 12.2 Å². The van der Waals surface area contributed by atoms with Gasteiger partial charge in [0.1, 0.15) is 12.2 Å². The number of urea groups is 1. The van der Waals surface area contributed by atoms with E-state index in [9.17, 15) is 18.0 Å². The van der Waals surface area contributed by atoms with Crippen molar-refractivity contribution in [2.45, 2.75) is 6.18 Å². The summed E-state index contributed by atoms with van der Waals surface area (Å²) in [6.45, 7) is -1.07. The van der Waals surface area contributed by atoms with Crippen LogP contribution in [0, 0.1) is 5.41 Å². The van der Waals surface area contributed by atoms with Crippen molar-refractivity contribution in [3.05, 3.63) is 66.5 Å². The van der Waals surface area contributed by atoms with Crippen LogP contribution in [0.5, 0.6) is 0 Å². The summed E-state index contributed by atoms with van der Waals surface area (Å²) in [6.07, 6.45) is 2.24. The van der Waals surface area contributed by atoms with E-state index >= 15 is 0 Å². The van der Waals surface area contributed by atoms with Gasteiger partial charge in [-0.25, -0.2) is 9.78 Å². The molecule has 30 heavy (non-hydrogen) atoms. The highest BCUT2D eigenvalue weighted by molar-refractivity contribution is 6.07. The van der Waals surface area contributed by atoms with Gasteiger partial charge in [-0.15, -0.1) is 0 Å². The van der Waals surface area contributed by atoms with Crippen LogP contribution in [0.15, 0.2) is 60.9 Å². The number of carbonyl (C=O) groups excluding carboxylic acids is 1. The van der Waals surface area contributed by atoms with Gasteiger partial charge in [-0.3, -0.25) is 4.40 Å². The van der Waals surface area contributed by atoms with E-state index in [4.69, 9.17) is 11.1 Å². The summed E-state index contributed by atoms with van der Waals surface area (Å²) in [5, 5.41) is 12.2. The Bertz CT molecular complexity index is 1100. The molecule has 0 atom stereocenters. The largest absolute Gasteiger partial charge is 0.405 e. The molecule has 0 aliphatic carbocycles. The first-order chi connectivity index (χ1) is 14.3. The molecule has 0 fully saturated rings. The Morgan fingerprint density at radius 2 is 2.07 bits per heavy atom. The number of amides is 2. The lowest BCUT2D eigenvalue weighted by molar-refractivity contribution is -0.122. The Morgan fingerprint density at radius 1 is 1.27 bits per heavy atom. The number of fused-ring (bicyclic) bond motifs is 1. The van der Waals surface area contributed by atoms with Gasteiger partial charge in [0.25, 0.3) is 0 Å². The number of hydrogen-bond acceptors (Lipinski definition) is 4. The average Bonchev–Trinajstić information content (AvgIpc) is 3.13. The van der Waals surface area contributed by atoms with Crippen molar-refractivity contribution >= 4 is 23.1 Å². The molecule has 2 heterocycles. The van der Waals surface area contributed by atoms with Crippen LogP contribution in [0.25, 0.3) is 16.9 Å². The Kier molecular flexibility index (Phi) is 6.17. The Balaban J connectivity index is 1.81. The number of benzene rings is 1. The molecule has 0 bridgehead atoms. The number of nitrogens with zero attached hydrogens (tertiary/aromatic N) is 2. The summed E-state index contributed by atoms with van der Waals surface area (Å²) in [4.78, 5) is 16.0. The molecule has 3 aromatic rings. The molecule has 7 nitrogen and oxygen atoms in total. The summed E-state index contributed by atoms with van der Waals surface area (Å²) in [7, 11) is 0. The molecule has 1 aromatic carbocycles. The number of aromatic nitrogens is 2. The monoisotopic (exact) mass is 416 g/mol. The number of halogens is 3. The minimum Gasteiger partial charge on any atom is -0.329 e. The molecule has 0 aliphatic rings. The minimum atomic E-state index is -4.48. The van der Waals surface area contributed by atoms with Crippen LogP contribution >= 0.6 is 0 Å². The number of rotatable bonds is 6. The standard InChI is InChI=1S/C20H19F3N6O/c21-20(22,23)12-27-19(30)28-15-4-1-3-14(9-15)17-11-26-18-10-13(6-8-29(17)18)16(25)5-2-7-24/h1-6,8-11,25H,7,12,24H2,(H2,27,28,30)/b5-2+,25-16?. The van der Waals surface area contributed by atoms with Crippen molar-refractivity contribution in [3.63, 3.8) is 0 Å². The molecular formula is C20H19F3N6O. The molecule has 3 rings (SSSR count). The number of nitrogens with one attached hydrogen (secondary N) is 3. The van der Waals surface area contributed by atoms with Crippen LogP contribution in [-0.2, 0) is 0 Å². The SMILES string of the molecule is N=C(/C=C/CN)c1ccn2c(-c3cccc(NC(=O)NCC(F)(F)F)c3)cnc2c1. The van der Waals surface area contributed by atoms with Crippen molar-refractivity contribution in [2.75, 3.05) is 18.4 Å². The number of anilines is 1. The molecule has 2 aromatic heterocycles. The van der Waals surface area contributed by atoms with Crippen molar-refractivity contribution in [1.29, 1.82) is 5.41 Å². The summed E-state index contributed by atoms with van der Waals surface area (Å²) in [5.74, 6) is 0. The molecule has 0 saturated heterocycles. The third-order valence-corrected chi connectivity index (χ3v) is 4.11. The number of nitrogens with two attached hydrogens (primary N) is 1. The molecule has 0 unspecified atom stereocenters. The molecule has 0 radical (unpaired) electrons. The quantitative estimate of drug-likeness (QED) is 0.461. The average molecular weight is 416 g/mol. The lowest BCUT2D eigenvalue weighted by atomic mass is 10.1. The predicted octanol–water partition coefficient (Wildman–Crippen LogP) is 3.57. The van der Waals surface area contributed by atoms with Gasteiger partial charge in [-0.05, 0) is 30.3 Å². The van der Waals surface area contributed by atoms with Gasteiger partial charge in [-0.1, -0.05) is 18.2 Å². The number of pyridine rings is 1. The zero-order valence-electron chi connectivity index (χ0n) is 15.7. The second-order valence-electron chi connectivity index (χ2n) is 6.34. The molecule has 5 N–H and O–H groups in total. The van der Waals surface area contributed by atoms with Gasteiger partial charge in [0.15, 0.2) is 0 Å². The van der Waals surface area contributed by atoms with Crippen molar-refractivity contribution < 1.29 is 18.0 Å². The van der Waals surface area contributed by atoms with Gasteiger partial charge in [0.2, 0.25) is 0 Å². The summed E-state index contributed by atoms with van der Waals surface area (Å²) in [5.41, 5.74) is 8.79. The lowest BCUT2D eigenvalue weighted by Gasteiger charge is -2.11. The topological polar surface area (TPSA) is 108 Å². The molecule has 0 saturated carbocycles. The van der Waals surface area contributed by atoms with E-state index in [1.54, 1.807) is 66.3 Å². The van der Waals surface area contributed by atoms with Crippen molar-refractivity contribution in [1.82, 2.24) is 14.7 Å². The number of hydrogen-bond donors (Lipinski definition) is 4. The third kappa shape index (κ3) is 5.23. The van der Waals surface area contributed by atoms with Gasteiger partial charge in [0.05, 0.1) is 17.6 Å². The Labute approximate surface area is 169 Å². The van der Waals surface area contributed by atoms with E-state index in [1.807, 2.05) is 4.40 Å². The summed E-state index contributed by atoms with van der Waals surface area (Å²) < 4.78 is 38.5. The van der Waals surface area contributed by atoms with Crippen molar-refractivity contribution in [2.24, 2.45) is 5.73 Å². The van der Waals surface area contributed by atoms with E-state index in [2.05, 4.69) is 10.3 Å². The maximum atomic E-state index is 12.2. The smallest absolute Gasteiger partial charge is 0.329 e. The minimum absolute atomic E-state index is 0.309. The highest BCUT2D eigenvalue weighted by Gasteiger charge is 2.27.